The highest BCUT2D eigenvalue weighted by Gasteiger charge is 2.39. The monoisotopic (exact) mass is 390 g/mol. The van der Waals surface area contributed by atoms with Crippen LogP contribution in [0.25, 0.3) is 0 Å². The van der Waals surface area contributed by atoms with Gasteiger partial charge in [-0.2, -0.15) is 0 Å². The second-order valence-corrected chi connectivity index (χ2v) is 6.90. The maximum atomic E-state index is 14.0. The van der Waals surface area contributed by atoms with Crippen molar-refractivity contribution in [3.05, 3.63) is 66.7 Å². The summed E-state index contributed by atoms with van der Waals surface area (Å²) in [5.41, 5.74) is 0. The molecule has 1 aliphatic rings. The summed E-state index contributed by atoms with van der Waals surface area (Å²) < 4.78 is 19.2. The molecule has 2 rings (SSSR count). The smallest absolute Gasteiger partial charge is 0.303 e. The average Bonchev–Trinajstić information content (AvgIpc) is 2.94. The van der Waals surface area contributed by atoms with Gasteiger partial charge in [-0.05, 0) is 43.4 Å². The number of aliphatic hydroxyl groups is 2. The van der Waals surface area contributed by atoms with Crippen LogP contribution in [0.5, 0.6) is 5.75 Å². The predicted octanol–water partition coefficient (Wildman–Crippen LogP) is 3.99. The molecule has 28 heavy (non-hydrogen) atoms. The van der Waals surface area contributed by atoms with Gasteiger partial charge in [0.2, 0.25) is 0 Å². The highest BCUT2D eigenvalue weighted by atomic mass is 19.1. The Morgan fingerprint density at radius 2 is 1.93 bits per heavy atom. The lowest BCUT2D eigenvalue weighted by Crippen LogP contribution is -2.19. The largest absolute Gasteiger partial charge is 0.481 e. The number of aliphatic hydroxyl groups excluding tert-OH is 2. The van der Waals surface area contributed by atoms with Gasteiger partial charge >= 0.3 is 5.97 Å². The molecule has 152 valence electrons. The van der Waals surface area contributed by atoms with E-state index in [4.69, 9.17) is 9.84 Å². The zero-order valence-electron chi connectivity index (χ0n) is 15.7. The third kappa shape index (κ3) is 7.29. The highest BCUT2D eigenvalue weighted by Crippen LogP contribution is 2.36. The second-order valence-electron chi connectivity index (χ2n) is 6.90. The first-order chi connectivity index (χ1) is 13.5. The maximum absolute atomic E-state index is 14.0. The number of para-hydroxylation sites is 1. The second kappa shape index (κ2) is 11.4. The molecule has 0 spiro atoms. The number of unbranched alkanes of at least 4 members (excludes halogenated alkanes) is 1. The molecule has 0 unspecified atom stereocenters. The molecule has 5 nitrogen and oxygen atoms in total. The summed E-state index contributed by atoms with van der Waals surface area (Å²) in [5.74, 6) is -1.47. The molecule has 0 aliphatic heterocycles. The van der Waals surface area contributed by atoms with Crippen LogP contribution in [0.15, 0.2) is 66.7 Å². The van der Waals surface area contributed by atoms with E-state index in [0.29, 0.717) is 25.0 Å². The zero-order valence-corrected chi connectivity index (χ0v) is 15.7. The van der Waals surface area contributed by atoms with Crippen LogP contribution in [-0.2, 0) is 4.79 Å². The van der Waals surface area contributed by atoms with Crippen LogP contribution in [0.3, 0.4) is 0 Å². The van der Waals surface area contributed by atoms with E-state index in [-0.39, 0.29) is 24.7 Å². The van der Waals surface area contributed by atoms with E-state index in [2.05, 4.69) is 0 Å². The summed E-state index contributed by atoms with van der Waals surface area (Å²) in [4.78, 5) is 10.5. The molecule has 0 radical (unpaired) electrons. The number of halogens is 1. The van der Waals surface area contributed by atoms with Gasteiger partial charge in [-0.15, -0.1) is 0 Å². The number of hydrogen-bond donors (Lipinski definition) is 3. The molecule has 0 aromatic heterocycles. The first-order valence-electron chi connectivity index (χ1n) is 9.46. The van der Waals surface area contributed by atoms with Crippen molar-refractivity contribution in [2.24, 2.45) is 11.8 Å². The minimum absolute atomic E-state index is 0.122. The van der Waals surface area contributed by atoms with Crippen LogP contribution in [0.1, 0.15) is 32.1 Å². The summed E-state index contributed by atoms with van der Waals surface area (Å²) in [6, 6.07) is 8.83. The third-order valence-corrected chi connectivity index (χ3v) is 4.78. The van der Waals surface area contributed by atoms with E-state index in [1.165, 1.54) is 6.08 Å². The molecule has 0 amide bonds. The standard InChI is InChI=1S/C22H27FO5/c23-16(15-28-17-8-4-3-5-9-17)12-13-19-18(20(24)14-21(19)25)10-6-1-2-7-11-22(26)27/h1,3-6,8-9,12-13,15,18-21,24-25H,2,7,10-11,14H2,(H,26,27)/b6-1-,13-12+,16-15+/t18-,19-,20+,21-/m1/s1. The molecule has 0 heterocycles. The topological polar surface area (TPSA) is 87.0 Å². The van der Waals surface area contributed by atoms with E-state index in [1.807, 2.05) is 18.2 Å². The summed E-state index contributed by atoms with van der Waals surface area (Å²) in [5, 5.41) is 29.0. The van der Waals surface area contributed by atoms with Gasteiger partial charge in [-0.1, -0.05) is 36.4 Å². The quantitative estimate of drug-likeness (QED) is 0.243. The molecule has 1 aromatic carbocycles. The summed E-state index contributed by atoms with van der Waals surface area (Å²) >= 11 is 0. The molecule has 1 fully saturated rings. The van der Waals surface area contributed by atoms with Crippen molar-refractivity contribution in [3.63, 3.8) is 0 Å². The fraction of sp³-hybridized carbons (Fsp3) is 0.409. The molecule has 0 bridgehead atoms. The van der Waals surface area contributed by atoms with Gasteiger partial charge in [0.05, 0.1) is 12.2 Å². The molecular formula is C22H27FO5. The summed E-state index contributed by atoms with van der Waals surface area (Å²) in [7, 11) is 0. The molecule has 4 atom stereocenters. The fourth-order valence-electron chi connectivity index (χ4n) is 3.31. The number of benzene rings is 1. The minimum Gasteiger partial charge on any atom is -0.481 e. The number of carboxylic acids is 1. The molecule has 1 aromatic rings. The van der Waals surface area contributed by atoms with Gasteiger partial charge in [0.15, 0.2) is 5.83 Å². The van der Waals surface area contributed by atoms with Gasteiger partial charge in [-0.3, -0.25) is 4.79 Å². The normalized spacial score (nSPS) is 25.6. The van der Waals surface area contributed by atoms with Crippen molar-refractivity contribution in [1.82, 2.24) is 0 Å². The van der Waals surface area contributed by atoms with Crippen LogP contribution in [0.2, 0.25) is 0 Å². The number of carbonyl (C=O) groups is 1. The number of aliphatic carboxylic acids is 1. The van der Waals surface area contributed by atoms with E-state index >= 15 is 0 Å². The van der Waals surface area contributed by atoms with Gasteiger partial charge in [0.1, 0.15) is 12.0 Å². The Labute approximate surface area is 164 Å². The van der Waals surface area contributed by atoms with Gasteiger partial charge < -0.3 is 20.1 Å². The van der Waals surface area contributed by atoms with Crippen molar-refractivity contribution in [2.45, 2.75) is 44.3 Å². The lowest BCUT2D eigenvalue weighted by atomic mass is 9.90. The Morgan fingerprint density at radius 3 is 2.64 bits per heavy atom. The van der Waals surface area contributed by atoms with Gasteiger partial charge in [0.25, 0.3) is 0 Å². The molecule has 0 saturated heterocycles. The summed E-state index contributed by atoms with van der Waals surface area (Å²) in [6.07, 6.45) is 8.30. The molecule has 6 heteroatoms. The first-order valence-corrected chi connectivity index (χ1v) is 9.46. The van der Waals surface area contributed by atoms with Crippen molar-refractivity contribution in [2.75, 3.05) is 0 Å². The molecular weight excluding hydrogens is 363 g/mol. The molecule has 3 N–H and O–H groups in total. The number of hydrogen-bond acceptors (Lipinski definition) is 4. The first kappa shape index (κ1) is 21.9. The van der Waals surface area contributed by atoms with E-state index in [0.717, 1.165) is 6.26 Å². The van der Waals surface area contributed by atoms with E-state index in [9.17, 15) is 19.4 Å². The van der Waals surface area contributed by atoms with Crippen molar-refractivity contribution >= 4 is 5.97 Å². The van der Waals surface area contributed by atoms with Crippen LogP contribution >= 0.6 is 0 Å². The lowest BCUT2D eigenvalue weighted by Gasteiger charge is -2.19. The minimum atomic E-state index is -0.820. The Kier molecular flexibility index (Phi) is 8.91. The summed E-state index contributed by atoms with van der Waals surface area (Å²) in [6.45, 7) is 0. The fourth-order valence-corrected chi connectivity index (χ4v) is 3.31. The molecule has 1 aliphatic carbocycles. The number of rotatable bonds is 10. The van der Waals surface area contributed by atoms with E-state index < -0.39 is 24.0 Å². The van der Waals surface area contributed by atoms with Crippen LogP contribution in [0.4, 0.5) is 4.39 Å². The van der Waals surface area contributed by atoms with Crippen molar-refractivity contribution in [3.8, 4) is 5.75 Å². The molecule has 1 saturated carbocycles. The lowest BCUT2D eigenvalue weighted by molar-refractivity contribution is -0.137. The van der Waals surface area contributed by atoms with Crippen molar-refractivity contribution < 1.29 is 29.2 Å². The Bertz CT molecular complexity index is 698. The highest BCUT2D eigenvalue weighted by molar-refractivity contribution is 5.66. The Hall–Kier alpha value is -2.44. The maximum Gasteiger partial charge on any atom is 0.303 e. The number of ether oxygens (including phenoxy) is 1. The average molecular weight is 390 g/mol. The van der Waals surface area contributed by atoms with Gasteiger partial charge in [0, 0.05) is 18.8 Å². The number of carboxylic acid groups (broad SMARTS) is 1. The van der Waals surface area contributed by atoms with Gasteiger partial charge in [-0.25, -0.2) is 4.39 Å². The Morgan fingerprint density at radius 1 is 1.18 bits per heavy atom. The van der Waals surface area contributed by atoms with Crippen molar-refractivity contribution in [1.29, 1.82) is 0 Å². The predicted molar refractivity (Wildman–Crippen MR) is 104 cm³/mol. The van der Waals surface area contributed by atoms with E-state index in [1.54, 1.807) is 30.3 Å². The number of allylic oxidation sites excluding steroid dienone is 4. The van der Waals surface area contributed by atoms with Crippen LogP contribution < -0.4 is 4.74 Å². The zero-order chi connectivity index (χ0) is 20.4. The third-order valence-electron chi connectivity index (χ3n) is 4.78. The van der Waals surface area contributed by atoms with Crippen LogP contribution in [0, 0.1) is 11.8 Å². The Balaban J connectivity index is 1.88. The van der Waals surface area contributed by atoms with Crippen LogP contribution in [-0.4, -0.2) is 33.5 Å². The SMILES string of the molecule is O=C(O)CCC/C=C\C[C@@H]1[C@@H](/C=C/C(F)=C\Oc2ccccc2)[C@H](O)C[C@@H]1O.